The molecule has 1 atom stereocenters. The molecule has 0 spiro atoms. The Kier molecular flexibility index (Phi) is 9.47. The summed E-state index contributed by atoms with van der Waals surface area (Å²) in [5, 5.41) is 0. The largest absolute Gasteiger partial charge is 0.494 e. The summed E-state index contributed by atoms with van der Waals surface area (Å²) < 4.78 is 70.7. The summed E-state index contributed by atoms with van der Waals surface area (Å²) in [6.45, 7) is 5.31. The van der Waals surface area contributed by atoms with Crippen LogP contribution in [0.4, 0.5) is 18.9 Å². The van der Waals surface area contributed by atoms with Crippen LogP contribution in [0.2, 0.25) is 0 Å². The summed E-state index contributed by atoms with van der Waals surface area (Å²) >= 11 is 0. The number of hydrogen-bond acceptors (Lipinski definition) is 4. The minimum atomic E-state index is -4.52. The van der Waals surface area contributed by atoms with Crippen molar-refractivity contribution in [2.45, 2.75) is 69.0 Å². The molecule has 2 aromatic carbocycles. The first-order valence-corrected chi connectivity index (χ1v) is 13.7. The molecule has 0 N–H and O–H groups in total. The number of unbranched alkanes of at least 4 members (excludes halogenated alkanes) is 3. The monoisotopic (exact) mass is 512 g/mol. The number of ether oxygens (including phenoxy) is 1. The average Bonchev–Trinajstić information content (AvgIpc) is 2.84. The van der Waals surface area contributed by atoms with Crippen LogP contribution in [0.5, 0.6) is 5.75 Å². The van der Waals surface area contributed by atoms with Crippen LogP contribution in [-0.4, -0.2) is 46.1 Å². The van der Waals surface area contributed by atoms with Crippen molar-refractivity contribution in [3.05, 3.63) is 54.1 Å². The van der Waals surface area contributed by atoms with Crippen LogP contribution in [0.25, 0.3) is 0 Å². The van der Waals surface area contributed by atoms with E-state index in [0.29, 0.717) is 24.1 Å². The van der Waals surface area contributed by atoms with E-state index in [9.17, 15) is 21.6 Å². The molecule has 0 radical (unpaired) electrons. The van der Waals surface area contributed by atoms with Gasteiger partial charge in [-0.3, -0.25) is 4.31 Å². The lowest BCUT2D eigenvalue weighted by Gasteiger charge is -2.33. The Bertz CT molecular complexity index is 1030. The standard InChI is InChI=1S/C26H35F3N2O3S/c1-21-9-5-7-19-31(21)18-6-3-4-8-20-34-24-14-12-23(13-15-24)30(2)35(32,33)25-16-10-22(11-17-25)26(27,28)29/h10-17,21H,3-9,18-20H2,1-2H3. The third-order valence-electron chi connectivity index (χ3n) is 6.59. The Morgan fingerprint density at radius 2 is 1.63 bits per heavy atom. The lowest BCUT2D eigenvalue weighted by atomic mass is 10.0. The van der Waals surface area contributed by atoms with Gasteiger partial charge in [-0.05, 0) is 94.2 Å². The van der Waals surface area contributed by atoms with Crippen LogP contribution in [-0.2, 0) is 16.2 Å². The minimum absolute atomic E-state index is 0.205. The number of nitrogens with zero attached hydrogens (tertiary/aromatic N) is 2. The molecule has 1 aliphatic heterocycles. The number of anilines is 1. The number of halogens is 3. The third kappa shape index (κ3) is 7.61. The molecule has 0 aliphatic carbocycles. The first-order valence-electron chi connectivity index (χ1n) is 12.2. The molecule has 9 heteroatoms. The number of likely N-dealkylation sites (tertiary alicyclic amines) is 1. The fourth-order valence-corrected chi connectivity index (χ4v) is 5.51. The Hall–Kier alpha value is -2.26. The molecular formula is C26H35F3N2O3S. The van der Waals surface area contributed by atoms with Crippen molar-refractivity contribution < 1.29 is 26.3 Å². The molecule has 194 valence electrons. The predicted octanol–water partition coefficient (Wildman–Crippen LogP) is 6.34. The second kappa shape index (κ2) is 12.1. The molecular weight excluding hydrogens is 477 g/mol. The van der Waals surface area contributed by atoms with Crippen molar-refractivity contribution >= 4 is 15.7 Å². The first kappa shape index (κ1) is 27.3. The van der Waals surface area contributed by atoms with Gasteiger partial charge in [0, 0.05) is 13.1 Å². The number of benzene rings is 2. The van der Waals surface area contributed by atoms with Crippen molar-refractivity contribution in [3.63, 3.8) is 0 Å². The number of hydrogen-bond donors (Lipinski definition) is 0. The highest BCUT2D eigenvalue weighted by atomic mass is 32.2. The molecule has 0 amide bonds. The van der Waals surface area contributed by atoms with Gasteiger partial charge in [0.2, 0.25) is 0 Å². The highest BCUT2D eigenvalue weighted by Gasteiger charge is 2.31. The number of rotatable bonds is 11. The highest BCUT2D eigenvalue weighted by Crippen LogP contribution is 2.31. The van der Waals surface area contributed by atoms with Crippen molar-refractivity contribution in [3.8, 4) is 5.75 Å². The Labute approximate surface area is 206 Å². The van der Waals surface area contributed by atoms with Crippen molar-refractivity contribution in [1.29, 1.82) is 0 Å². The zero-order valence-electron chi connectivity index (χ0n) is 20.4. The quantitative estimate of drug-likeness (QED) is 0.330. The van der Waals surface area contributed by atoms with Gasteiger partial charge in [-0.15, -0.1) is 0 Å². The second-order valence-corrected chi connectivity index (χ2v) is 11.1. The van der Waals surface area contributed by atoms with E-state index in [4.69, 9.17) is 4.74 Å². The van der Waals surface area contributed by atoms with Crippen LogP contribution in [0.1, 0.15) is 57.4 Å². The summed E-state index contributed by atoms with van der Waals surface area (Å²) in [5.74, 6) is 0.649. The number of piperidine rings is 1. The van der Waals surface area contributed by atoms with E-state index in [1.165, 1.54) is 52.2 Å². The summed E-state index contributed by atoms with van der Waals surface area (Å²) in [5.41, 5.74) is -0.499. The maximum atomic E-state index is 12.8. The van der Waals surface area contributed by atoms with E-state index < -0.39 is 21.8 Å². The molecule has 1 unspecified atom stereocenters. The van der Waals surface area contributed by atoms with Crippen LogP contribution in [0.3, 0.4) is 0 Å². The van der Waals surface area contributed by atoms with Crippen LogP contribution >= 0.6 is 0 Å². The van der Waals surface area contributed by atoms with E-state index in [1.807, 2.05) is 0 Å². The first-order chi connectivity index (χ1) is 16.6. The normalized spacial score (nSPS) is 17.3. The van der Waals surface area contributed by atoms with E-state index in [-0.39, 0.29) is 4.90 Å². The Morgan fingerprint density at radius 3 is 2.26 bits per heavy atom. The van der Waals surface area contributed by atoms with Gasteiger partial charge >= 0.3 is 6.18 Å². The van der Waals surface area contributed by atoms with Crippen LogP contribution < -0.4 is 9.04 Å². The van der Waals surface area contributed by atoms with Gasteiger partial charge in [-0.2, -0.15) is 13.2 Å². The highest BCUT2D eigenvalue weighted by molar-refractivity contribution is 7.92. The summed E-state index contributed by atoms with van der Waals surface area (Å²) in [7, 11) is -2.62. The molecule has 1 aliphatic rings. The van der Waals surface area contributed by atoms with E-state index in [1.54, 1.807) is 24.3 Å². The maximum absolute atomic E-state index is 12.8. The van der Waals surface area contributed by atoms with E-state index in [2.05, 4.69) is 11.8 Å². The molecule has 35 heavy (non-hydrogen) atoms. The van der Waals surface area contributed by atoms with E-state index in [0.717, 1.165) is 41.4 Å². The minimum Gasteiger partial charge on any atom is -0.494 e. The molecule has 2 aromatic rings. The molecule has 3 rings (SSSR count). The fourth-order valence-electron chi connectivity index (χ4n) is 4.32. The van der Waals surface area contributed by atoms with Crippen molar-refractivity contribution in [2.24, 2.45) is 0 Å². The second-order valence-electron chi connectivity index (χ2n) is 9.13. The fraction of sp³-hybridized carbons (Fsp3) is 0.538. The number of alkyl halides is 3. The summed E-state index contributed by atoms with van der Waals surface area (Å²) in [6, 6.07) is 10.8. The summed E-state index contributed by atoms with van der Waals surface area (Å²) in [4.78, 5) is 2.39. The Morgan fingerprint density at radius 1 is 0.971 bits per heavy atom. The third-order valence-corrected chi connectivity index (χ3v) is 8.39. The zero-order chi connectivity index (χ0) is 25.5. The predicted molar refractivity (Wildman–Crippen MR) is 132 cm³/mol. The lowest BCUT2D eigenvalue weighted by molar-refractivity contribution is -0.137. The van der Waals surface area contributed by atoms with Gasteiger partial charge in [0.05, 0.1) is 22.8 Å². The van der Waals surface area contributed by atoms with E-state index >= 15 is 0 Å². The zero-order valence-corrected chi connectivity index (χ0v) is 21.2. The van der Waals surface area contributed by atoms with Crippen LogP contribution in [0, 0.1) is 0 Å². The molecule has 5 nitrogen and oxygen atoms in total. The topological polar surface area (TPSA) is 49.9 Å². The number of sulfonamides is 1. The average molecular weight is 513 g/mol. The molecule has 0 aromatic heterocycles. The van der Waals surface area contributed by atoms with Crippen molar-refractivity contribution in [1.82, 2.24) is 4.90 Å². The van der Waals surface area contributed by atoms with Gasteiger partial charge in [0.25, 0.3) is 10.0 Å². The van der Waals surface area contributed by atoms with Crippen LogP contribution in [0.15, 0.2) is 53.4 Å². The Balaban J connectivity index is 1.42. The lowest BCUT2D eigenvalue weighted by Crippen LogP contribution is -2.37. The molecule has 0 bridgehead atoms. The molecule has 1 heterocycles. The van der Waals surface area contributed by atoms with Gasteiger partial charge in [-0.1, -0.05) is 19.3 Å². The molecule has 1 fully saturated rings. The van der Waals surface area contributed by atoms with Crippen molar-refractivity contribution in [2.75, 3.05) is 31.0 Å². The van der Waals surface area contributed by atoms with Gasteiger partial charge in [0.15, 0.2) is 0 Å². The maximum Gasteiger partial charge on any atom is 0.416 e. The van der Waals surface area contributed by atoms with Gasteiger partial charge in [0.1, 0.15) is 5.75 Å². The molecule has 0 saturated carbocycles. The van der Waals surface area contributed by atoms with Gasteiger partial charge < -0.3 is 9.64 Å². The van der Waals surface area contributed by atoms with Gasteiger partial charge in [-0.25, -0.2) is 8.42 Å². The smallest absolute Gasteiger partial charge is 0.416 e. The SMILES string of the molecule is CC1CCCCN1CCCCCCOc1ccc(N(C)S(=O)(=O)c2ccc(C(F)(F)F)cc2)cc1. The summed E-state index contributed by atoms with van der Waals surface area (Å²) in [6.07, 6.45) is 3.90. The molecule has 1 saturated heterocycles.